The highest BCUT2D eigenvalue weighted by molar-refractivity contribution is 7.80. The summed E-state index contributed by atoms with van der Waals surface area (Å²) in [5.74, 6) is 0. The Morgan fingerprint density at radius 1 is 0.302 bits per heavy atom. The molecule has 0 amide bonds. The van der Waals surface area contributed by atoms with Crippen LogP contribution in [0, 0.1) is 27.7 Å². The maximum atomic E-state index is 5.08. The van der Waals surface area contributed by atoms with E-state index in [9.17, 15) is 0 Å². The highest BCUT2D eigenvalue weighted by Crippen LogP contribution is 2.53. The Bertz CT molecular complexity index is 1750. The van der Waals surface area contributed by atoms with Crippen LogP contribution in [-0.2, 0) is 32.5 Å². The maximum absolute atomic E-state index is 5.08. The molecule has 0 heterocycles. The van der Waals surface area contributed by atoms with Crippen LogP contribution in [0.1, 0.15) is 170 Å². The van der Waals surface area contributed by atoms with Crippen LogP contribution in [0.3, 0.4) is 0 Å². The van der Waals surface area contributed by atoms with E-state index in [-0.39, 0.29) is 21.7 Å². The molecule has 0 nitrogen and oxygen atoms in total. The fraction of sp³-hybridized carbons (Fsp3) is 0.510. The fourth-order valence-electron chi connectivity index (χ4n) is 8.93. The summed E-state index contributed by atoms with van der Waals surface area (Å²) in [6.45, 7) is 41.7. The van der Waals surface area contributed by atoms with Gasteiger partial charge in [0.1, 0.15) is 0 Å². The first-order valence-corrected chi connectivity index (χ1v) is 21.0. The molecule has 0 saturated heterocycles. The van der Waals surface area contributed by atoms with Crippen molar-refractivity contribution in [2.24, 2.45) is 0 Å². The van der Waals surface area contributed by atoms with Gasteiger partial charge in [0, 0.05) is 30.4 Å². The Kier molecular flexibility index (Phi) is 12.2. The van der Waals surface area contributed by atoms with E-state index < -0.39 is 10.8 Å². The van der Waals surface area contributed by atoms with Crippen molar-refractivity contribution in [1.29, 1.82) is 0 Å². The van der Waals surface area contributed by atoms with Crippen LogP contribution in [0.4, 0.5) is 0 Å². The lowest BCUT2D eigenvalue weighted by Gasteiger charge is -2.45. The van der Waals surface area contributed by atoms with Crippen LogP contribution in [0.25, 0.3) is 0 Å². The quantitative estimate of drug-likeness (QED) is 0.138. The second-order valence-electron chi connectivity index (χ2n) is 20.6. The number of hydrogen-bond donors (Lipinski definition) is 4. The normalized spacial score (nSPS) is 13.5. The van der Waals surface area contributed by atoms with Crippen molar-refractivity contribution >= 4 is 50.5 Å². The van der Waals surface area contributed by atoms with E-state index in [0.717, 1.165) is 26.0 Å². The molecular formula is C49H68S4. The van der Waals surface area contributed by atoms with Gasteiger partial charge < -0.3 is 0 Å². The van der Waals surface area contributed by atoms with Gasteiger partial charge in [0.05, 0.1) is 0 Å². The van der Waals surface area contributed by atoms with Crippen LogP contribution in [0.5, 0.6) is 0 Å². The van der Waals surface area contributed by atoms with Crippen molar-refractivity contribution < 1.29 is 0 Å². The average Bonchev–Trinajstić information content (AvgIpc) is 2.94. The van der Waals surface area contributed by atoms with Crippen LogP contribution in [0.15, 0.2) is 68.1 Å². The molecule has 288 valence electrons. The summed E-state index contributed by atoms with van der Waals surface area (Å²) >= 11 is 20.3. The minimum atomic E-state index is -0.423. The van der Waals surface area contributed by atoms with Crippen molar-refractivity contribution in [2.75, 3.05) is 0 Å². The molecule has 0 atom stereocenters. The predicted molar refractivity (Wildman–Crippen MR) is 246 cm³/mol. The van der Waals surface area contributed by atoms with Gasteiger partial charge in [-0.05, 0) is 147 Å². The first-order valence-electron chi connectivity index (χ1n) is 19.2. The first-order chi connectivity index (χ1) is 23.8. The predicted octanol–water partition coefficient (Wildman–Crippen LogP) is 15.0. The second kappa shape index (κ2) is 14.7. The van der Waals surface area contributed by atoms with E-state index in [2.05, 4.69) is 173 Å². The van der Waals surface area contributed by atoms with E-state index >= 15 is 0 Å². The average molecular weight is 785 g/mol. The third kappa shape index (κ3) is 8.67. The van der Waals surface area contributed by atoms with Gasteiger partial charge in [-0.15, -0.1) is 50.5 Å². The summed E-state index contributed by atoms with van der Waals surface area (Å²) in [5.41, 5.74) is 14.3. The number of rotatable bonds is 6. The molecule has 0 aromatic heterocycles. The highest BCUT2D eigenvalue weighted by Gasteiger charge is 2.45. The Balaban J connectivity index is 2.30. The topological polar surface area (TPSA) is 0 Å². The van der Waals surface area contributed by atoms with Gasteiger partial charge in [-0.1, -0.05) is 121 Å². The minimum absolute atomic E-state index is 0.0779. The summed E-state index contributed by atoms with van der Waals surface area (Å²) in [5, 5.41) is 0. The molecule has 53 heavy (non-hydrogen) atoms. The maximum Gasteiger partial charge on any atom is 0.0191 e. The lowest BCUT2D eigenvalue weighted by molar-refractivity contribution is 0.385. The van der Waals surface area contributed by atoms with Gasteiger partial charge in [-0.2, -0.15) is 0 Å². The van der Waals surface area contributed by atoms with Crippen molar-refractivity contribution in [3.05, 3.63) is 115 Å². The zero-order chi connectivity index (χ0) is 40.6. The van der Waals surface area contributed by atoms with Crippen LogP contribution >= 0.6 is 50.5 Å². The molecule has 0 N–H and O–H groups in total. The van der Waals surface area contributed by atoms with E-state index in [4.69, 9.17) is 50.5 Å². The van der Waals surface area contributed by atoms with Crippen LogP contribution in [-0.4, -0.2) is 0 Å². The van der Waals surface area contributed by atoms with E-state index in [0.29, 0.717) is 0 Å². The molecular weight excluding hydrogens is 717 g/mol. The smallest absolute Gasteiger partial charge is 0.0191 e. The van der Waals surface area contributed by atoms with E-state index in [1.807, 2.05) is 0 Å². The molecule has 4 heteroatoms. The third-order valence-corrected chi connectivity index (χ3v) is 13.2. The first kappa shape index (κ1) is 44.0. The molecule has 0 unspecified atom stereocenters. The lowest BCUT2D eigenvalue weighted by Crippen LogP contribution is -2.39. The molecule has 0 spiro atoms. The molecule has 0 aliphatic heterocycles. The van der Waals surface area contributed by atoms with Gasteiger partial charge in [0.2, 0.25) is 0 Å². The van der Waals surface area contributed by atoms with Gasteiger partial charge in [-0.3, -0.25) is 0 Å². The number of benzene rings is 4. The molecule has 0 radical (unpaired) electrons. The molecule has 4 rings (SSSR count). The summed E-state index contributed by atoms with van der Waals surface area (Å²) in [7, 11) is 0. The van der Waals surface area contributed by atoms with Crippen molar-refractivity contribution in [2.45, 2.75) is 183 Å². The Labute approximate surface area is 346 Å². The minimum Gasteiger partial charge on any atom is -0.143 e. The second-order valence-corrected chi connectivity index (χ2v) is 22.5. The molecule has 4 aromatic carbocycles. The Morgan fingerprint density at radius 3 is 0.623 bits per heavy atom. The van der Waals surface area contributed by atoms with Crippen molar-refractivity contribution in [3.63, 3.8) is 0 Å². The largest absolute Gasteiger partial charge is 0.143 e. The lowest BCUT2D eigenvalue weighted by atomic mass is 9.58. The summed E-state index contributed by atoms with van der Waals surface area (Å²) in [6.07, 6.45) is 0.833. The molecule has 0 bridgehead atoms. The fourth-order valence-corrected chi connectivity index (χ4v) is 11.3. The number of hydrogen-bond acceptors (Lipinski definition) is 4. The van der Waals surface area contributed by atoms with Gasteiger partial charge in [-0.25, -0.2) is 0 Å². The zero-order valence-electron chi connectivity index (χ0n) is 36.1. The van der Waals surface area contributed by atoms with Crippen molar-refractivity contribution in [1.82, 2.24) is 0 Å². The monoisotopic (exact) mass is 784 g/mol. The standard InChI is InChI=1S/C49H68S4/c1-28-19-40(50)36(44(5,6)7)23-32(28)48(17,33-24-37(45(8,9)10)41(51)20-29(33)2)27-49(18,34-25-38(46(11,12)13)42(52)21-30(34)3)35-26-39(47(14,15)16)43(53)22-31(35)4/h19-26,50-53H,27H2,1-18H3. The molecule has 0 aliphatic carbocycles. The van der Waals surface area contributed by atoms with Crippen LogP contribution < -0.4 is 0 Å². The highest BCUT2D eigenvalue weighted by atomic mass is 32.1. The zero-order valence-corrected chi connectivity index (χ0v) is 39.7. The summed E-state index contributed by atoms with van der Waals surface area (Å²) in [4.78, 5) is 4.19. The van der Waals surface area contributed by atoms with E-state index in [1.165, 1.54) is 66.8 Å². The van der Waals surface area contributed by atoms with E-state index in [1.54, 1.807) is 0 Å². The number of aryl methyl sites for hydroxylation is 4. The third-order valence-electron chi connectivity index (χ3n) is 11.7. The molecule has 4 aromatic rings. The Hall–Kier alpha value is -1.72. The molecule has 0 aliphatic rings. The Morgan fingerprint density at radius 2 is 0.472 bits per heavy atom. The van der Waals surface area contributed by atoms with Crippen molar-refractivity contribution in [3.8, 4) is 0 Å². The summed E-state index contributed by atoms with van der Waals surface area (Å²) < 4.78 is 0. The molecule has 0 saturated carbocycles. The van der Waals surface area contributed by atoms with Crippen LogP contribution in [0.2, 0.25) is 0 Å². The molecule has 0 fully saturated rings. The van der Waals surface area contributed by atoms with Gasteiger partial charge >= 0.3 is 0 Å². The SMILES string of the molecule is Cc1cc(S)c(C(C)(C)C)cc1C(C)(CC(C)(c1cc(C(C)(C)C)c(S)cc1C)c1cc(C(C)(C)C)c(S)cc1C)c1cc(C(C)(C)C)c(S)cc1C. The summed E-state index contributed by atoms with van der Waals surface area (Å²) in [6, 6.07) is 19.2. The van der Waals surface area contributed by atoms with Gasteiger partial charge in [0.15, 0.2) is 0 Å². The van der Waals surface area contributed by atoms with Gasteiger partial charge in [0.25, 0.3) is 0 Å². The number of thiol groups is 4.